The minimum Gasteiger partial charge on any atom is -0.488 e. The summed E-state index contributed by atoms with van der Waals surface area (Å²) in [7, 11) is 0. The lowest BCUT2D eigenvalue weighted by molar-refractivity contribution is 0.0695. The van der Waals surface area contributed by atoms with Crippen LogP contribution in [-0.4, -0.2) is 28.1 Å². The summed E-state index contributed by atoms with van der Waals surface area (Å²) in [6.45, 7) is 8.59. The molecule has 6 nitrogen and oxygen atoms in total. The van der Waals surface area contributed by atoms with E-state index in [4.69, 9.17) is 9.72 Å². The number of carboxylic acid groups (broad SMARTS) is 1. The molecule has 4 rings (SSSR count). The Morgan fingerprint density at radius 3 is 2.22 bits per heavy atom. The van der Waals surface area contributed by atoms with Gasteiger partial charge in [-0.15, -0.1) is 0 Å². The van der Waals surface area contributed by atoms with Crippen LogP contribution in [0.4, 0.5) is 5.82 Å². The Kier molecular flexibility index (Phi) is 7.58. The number of hydrogen-bond donors (Lipinski definition) is 2. The van der Waals surface area contributed by atoms with Gasteiger partial charge in [0, 0.05) is 10.9 Å². The number of ether oxygens (including phenoxy) is 1. The van der Waals surface area contributed by atoms with Crippen molar-refractivity contribution in [2.24, 2.45) is 5.41 Å². The van der Waals surface area contributed by atoms with Crippen LogP contribution in [0.15, 0.2) is 78.9 Å². The lowest BCUT2D eigenvalue weighted by Crippen LogP contribution is -2.20. The third-order valence-electron chi connectivity index (χ3n) is 6.04. The molecule has 0 bridgehead atoms. The van der Waals surface area contributed by atoms with Crippen molar-refractivity contribution in [3.05, 3.63) is 101 Å². The summed E-state index contributed by atoms with van der Waals surface area (Å²) in [5.74, 6) is -0.212. The zero-order chi connectivity index (χ0) is 26.6. The van der Waals surface area contributed by atoms with Crippen molar-refractivity contribution in [1.29, 1.82) is 0 Å². The number of carboxylic acids is 1. The SMILES string of the molecule is CC(CC(C)(C)C)Oc1cccc2ccc(NC(=O)c3ccccc3Cc3ccccc3C(=O)O)nc12. The number of hydrogen-bond acceptors (Lipinski definition) is 4. The maximum atomic E-state index is 13.3. The fourth-order valence-electron chi connectivity index (χ4n) is 4.57. The van der Waals surface area contributed by atoms with Gasteiger partial charge in [-0.05, 0) is 66.6 Å². The van der Waals surface area contributed by atoms with E-state index in [-0.39, 0.29) is 23.0 Å². The van der Waals surface area contributed by atoms with E-state index >= 15 is 0 Å². The standard InChI is InChI=1S/C31H32N2O4/c1-20(19-31(2,3)4)37-26-15-9-12-21-16-17-27(32-28(21)26)33-29(34)24-13-7-5-10-22(24)18-23-11-6-8-14-25(23)30(35)36/h5-17,20H,18-19H2,1-4H3,(H,35,36)(H,32,33,34). The molecule has 4 aromatic rings. The molecule has 0 aliphatic heterocycles. The van der Waals surface area contributed by atoms with Crippen LogP contribution in [0.1, 0.15) is 66.0 Å². The predicted molar refractivity (Wildman–Crippen MR) is 147 cm³/mol. The van der Waals surface area contributed by atoms with Crippen LogP contribution in [0.3, 0.4) is 0 Å². The molecule has 0 radical (unpaired) electrons. The molecule has 0 aliphatic carbocycles. The zero-order valence-electron chi connectivity index (χ0n) is 21.6. The molecule has 0 saturated carbocycles. The molecule has 1 amide bonds. The van der Waals surface area contributed by atoms with Crippen molar-refractivity contribution in [1.82, 2.24) is 4.98 Å². The second kappa shape index (κ2) is 10.8. The maximum Gasteiger partial charge on any atom is 0.335 e. The van der Waals surface area contributed by atoms with Gasteiger partial charge in [0.05, 0.1) is 11.7 Å². The number of rotatable bonds is 8. The van der Waals surface area contributed by atoms with Crippen LogP contribution in [0.5, 0.6) is 5.75 Å². The number of carbonyl (C=O) groups excluding carboxylic acids is 1. The Morgan fingerprint density at radius 1 is 0.892 bits per heavy atom. The van der Waals surface area contributed by atoms with Gasteiger partial charge >= 0.3 is 5.97 Å². The van der Waals surface area contributed by atoms with Crippen molar-refractivity contribution in [2.75, 3.05) is 5.32 Å². The summed E-state index contributed by atoms with van der Waals surface area (Å²) < 4.78 is 6.24. The first-order valence-electron chi connectivity index (χ1n) is 12.4. The lowest BCUT2D eigenvalue weighted by Gasteiger charge is -2.24. The fraction of sp³-hybridized carbons (Fsp3) is 0.258. The van der Waals surface area contributed by atoms with Gasteiger partial charge in [0.25, 0.3) is 5.91 Å². The Labute approximate surface area is 217 Å². The smallest absolute Gasteiger partial charge is 0.335 e. The monoisotopic (exact) mass is 496 g/mol. The molecule has 0 aliphatic rings. The molecular formula is C31H32N2O4. The Hall–Kier alpha value is -4.19. The highest BCUT2D eigenvalue weighted by atomic mass is 16.5. The van der Waals surface area contributed by atoms with Gasteiger partial charge in [0.15, 0.2) is 0 Å². The summed E-state index contributed by atoms with van der Waals surface area (Å²) in [5.41, 5.74) is 2.88. The summed E-state index contributed by atoms with van der Waals surface area (Å²) in [4.78, 5) is 29.7. The Balaban J connectivity index is 1.59. The maximum absolute atomic E-state index is 13.3. The topological polar surface area (TPSA) is 88.5 Å². The van der Waals surface area contributed by atoms with E-state index in [1.165, 1.54) is 0 Å². The number of benzene rings is 3. The zero-order valence-corrected chi connectivity index (χ0v) is 21.6. The van der Waals surface area contributed by atoms with Crippen molar-refractivity contribution in [3.8, 4) is 5.75 Å². The number of nitrogens with one attached hydrogen (secondary N) is 1. The molecule has 0 saturated heterocycles. The summed E-state index contributed by atoms with van der Waals surface area (Å²) >= 11 is 0. The van der Waals surface area contributed by atoms with Crippen LogP contribution in [0, 0.1) is 5.41 Å². The minimum absolute atomic E-state index is 0.00574. The number of carbonyl (C=O) groups is 2. The highest BCUT2D eigenvalue weighted by Gasteiger charge is 2.19. The summed E-state index contributed by atoms with van der Waals surface area (Å²) in [6, 6.07) is 23.5. The largest absolute Gasteiger partial charge is 0.488 e. The van der Waals surface area contributed by atoms with E-state index < -0.39 is 5.97 Å². The van der Waals surface area contributed by atoms with Crippen molar-refractivity contribution in [3.63, 3.8) is 0 Å². The van der Waals surface area contributed by atoms with Gasteiger partial charge in [0.1, 0.15) is 17.1 Å². The Morgan fingerprint density at radius 2 is 1.54 bits per heavy atom. The van der Waals surface area contributed by atoms with Crippen molar-refractivity contribution >= 4 is 28.6 Å². The number of pyridine rings is 1. The quantitative estimate of drug-likeness (QED) is 0.275. The van der Waals surface area contributed by atoms with Crippen LogP contribution >= 0.6 is 0 Å². The number of amides is 1. The molecule has 1 unspecified atom stereocenters. The number of aromatic carboxylic acids is 1. The predicted octanol–water partition coefficient (Wildman–Crippen LogP) is 6.98. The molecule has 190 valence electrons. The van der Waals surface area contributed by atoms with Gasteiger partial charge in [0.2, 0.25) is 0 Å². The van der Waals surface area contributed by atoms with E-state index in [1.807, 2.05) is 36.4 Å². The third kappa shape index (κ3) is 6.53. The van der Waals surface area contributed by atoms with E-state index in [9.17, 15) is 14.7 Å². The molecule has 1 aromatic heterocycles. The number of anilines is 1. The van der Waals surface area contributed by atoms with Crippen LogP contribution in [-0.2, 0) is 6.42 Å². The molecule has 6 heteroatoms. The van der Waals surface area contributed by atoms with Crippen LogP contribution in [0.2, 0.25) is 0 Å². The molecule has 0 spiro atoms. The summed E-state index contributed by atoms with van der Waals surface area (Å²) in [6.07, 6.45) is 1.22. The average molecular weight is 497 g/mol. The van der Waals surface area contributed by atoms with E-state index in [1.54, 1.807) is 42.5 Å². The summed E-state index contributed by atoms with van der Waals surface area (Å²) in [5, 5.41) is 13.4. The van der Waals surface area contributed by atoms with Crippen LogP contribution < -0.4 is 10.1 Å². The highest BCUT2D eigenvalue weighted by Crippen LogP contribution is 2.29. The molecule has 37 heavy (non-hydrogen) atoms. The first kappa shape index (κ1) is 25.9. The highest BCUT2D eigenvalue weighted by molar-refractivity contribution is 6.05. The molecule has 2 N–H and O–H groups in total. The van der Waals surface area contributed by atoms with Gasteiger partial charge < -0.3 is 15.2 Å². The fourth-order valence-corrected chi connectivity index (χ4v) is 4.57. The number of nitrogens with zero attached hydrogens (tertiary/aromatic N) is 1. The second-order valence-corrected chi connectivity index (χ2v) is 10.5. The van der Waals surface area contributed by atoms with Crippen LogP contribution in [0.25, 0.3) is 10.9 Å². The molecule has 1 heterocycles. The Bertz CT molecular complexity index is 1440. The van der Waals surface area contributed by atoms with E-state index in [0.717, 1.165) is 17.4 Å². The normalized spacial score (nSPS) is 12.2. The number of aromatic nitrogens is 1. The van der Waals surface area contributed by atoms with Gasteiger partial charge in [-0.3, -0.25) is 4.79 Å². The average Bonchev–Trinajstić information content (AvgIpc) is 2.84. The number of fused-ring (bicyclic) bond motifs is 1. The van der Waals surface area contributed by atoms with E-state index in [0.29, 0.717) is 34.6 Å². The van der Waals surface area contributed by atoms with Gasteiger partial charge in [-0.1, -0.05) is 69.3 Å². The molecular weight excluding hydrogens is 464 g/mol. The molecule has 3 aromatic carbocycles. The second-order valence-electron chi connectivity index (χ2n) is 10.5. The lowest BCUT2D eigenvalue weighted by atomic mass is 9.90. The van der Waals surface area contributed by atoms with Crippen molar-refractivity contribution in [2.45, 2.75) is 46.6 Å². The minimum atomic E-state index is -0.993. The molecule has 0 fully saturated rings. The van der Waals surface area contributed by atoms with Crippen molar-refractivity contribution < 1.29 is 19.4 Å². The number of para-hydroxylation sites is 1. The first-order valence-corrected chi connectivity index (χ1v) is 12.4. The first-order chi connectivity index (χ1) is 17.6. The molecule has 1 atom stereocenters. The van der Waals surface area contributed by atoms with E-state index in [2.05, 4.69) is 33.0 Å². The van der Waals surface area contributed by atoms with Gasteiger partial charge in [-0.25, -0.2) is 9.78 Å². The third-order valence-corrected chi connectivity index (χ3v) is 6.04. The van der Waals surface area contributed by atoms with Gasteiger partial charge in [-0.2, -0.15) is 0 Å².